The van der Waals surface area contributed by atoms with E-state index in [1.165, 1.54) is 12.1 Å². The average molecular weight is 250 g/mol. The molecule has 0 radical (unpaired) electrons. The van der Waals surface area contributed by atoms with Gasteiger partial charge in [0, 0.05) is 25.3 Å². The number of benzene rings is 1. The zero-order chi connectivity index (χ0) is 13.4. The van der Waals surface area contributed by atoms with Crippen molar-refractivity contribution < 1.29 is 9.13 Å². The molecular weight excluding hydrogens is 231 g/mol. The van der Waals surface area contributed by atoms with E-state index in [0.29, 0.717) is 24.3 Å². The minimum atomic E-state index is -0.283. The molecule has 0 fully saturated rings. The first kappa shape index (κ1) is 14.6. The van der Waals surface area contributed by atoms with Gasteiger partial charge in [0.2, 0.25) is 0 Å². The SMILES string of the molecule is CCCC(COC)NCc1cc(C#N)ccc1F. The summed E-state index contributed by atoms with van der Waals surface area (Å²) in [4.78, 5) is 0. The first-order chi connectivity index (χ1) is 8.71. The lowest BCUT2D eigenvalue weighted by atomic mass is 10.1. The monoisotopic (exact) mass is 250 g/mol. The number of hydrogen-bond donors (Lipinski definition) is 1. The first-order valence-electron chi connectivity index (χ1n) is 6.12. The van der Waals surface area contributed by atoms with E-state index in [0.717, 1.165) is 12.8 Å². The van der Waals surface area contributed by atoms with Gasteiger partial charge in [0.1, 0.15) is 5.82 Å². The van der Waals surface area contributed by atoms with E-state index in [2.05, 4.69) is 12.2 Å². The quantitative estimate of drug-likeness (QED) is 0.809. The van der Waals surface area contributed by atoms with Gasteiger partial charge in [-0.3, -0.25) is 0 Å². The van der Waals surface area contributed by atoms with E-state index < -0.39 is 0 Å². The van der Waals surface area contributed by atoms with E-state index in [4.69, 9.17) is 10.00 Å². The lowest BCUT2D eigenvalue weighted by Gasteiger charge is -2.17. The van der Waals surface area contributed by atoms with Crippen molar-refractivity contribution in [2.75, 3.05) is 13.7 Å². The van der Waals surface area contributed by atoms with Crippen LogP contribution in [-0.4, -0.2) is 19.8 Å². The maximum atomic E-state index is 13.5. The van der Waals surface area contributed by atoms with Crippen LogP contribution in [0, 0.1) is 17.1 Å². The summed E-state index contributed by atoms with van der Waals surface area (Å²) in [6.45, 7) is 3.12. The largest absolute Gasteiger partial charge is 0.383 e. The maximum Gasteiger partial charge on any atom is 0.127 e. The first-order valence-corrected chi connectivity index (χ1v) is 6.12. The number of nitrogens with zero attached hydrogens (tertiary/aromatic N) is 1. The minimum Gasteiger partial charge on any atom is -0.383 e. The Morgan fingerprint density at radius 2 is 2.28 bits per heavy atom. The van der Waals surface area contributed by atoms with E-state index in [-0.39, 0.29) is 11.9 Å². The van der Waals surface area contributed by atoms with Crippen LogP contribution in [0.5, 0.6) is 0 Å². The molecule has 0 aromatic heterocycles. The third-order valence-electron chi connectivity index (χ3n) is 2.76. The van der Waals surface area contributed by atoms with Crippen molar-refractivity contribution >= 4 is 0 Å². The summed E-state index contributed by atoms with van der Waals surface area (Å²) in [6.07, 6.45) is 2.02. The summed E-state index contributed by atoms with van der Waals surface area (Å²) < 4.78 is 18.7. The summed E-state index contributed by atoms with van der Waals surface area (Å²) in [7, 11) is 1.65. The fraction of sp³-hybridized carbons (Fsp3) is 0.500. The van der Waals surface area contributed by atoms with Gasteiger partial charge in [-0.2, -0.15) is 5.26 Å². The third kappa shape index (κ3) is 4.44. The molecule has 1 atom stereocenters. The molecule has 0 aliphatic heterocycles. The van der Waals surface area contributed by atoms with Gasteiger partial charge in [0.25, 0.3) is 0 Å². The van der Waals surface area contributed by atoms with Gasteiger partial charge in [0.05, 0.1) is 18.2 Å². The molecule has 1 aromatic rings. The second-order valence-electron chi connectivity index (χ2n) is 4.24. The van der Waals surface area contributed by atoms with Crippen LogP contribution in [0.1, 0.15) is 30.9 Å². The molecule has 0 bridgehead atoms. The molecule has 0 aliphatic carbocycles. The number of hydrogen-bond acceptors (Lipinski definition) is 3. The molecule has 0 saturated heterocycles. The normalized spacial score (nSPS) is 12.1. The van der Waals surface area contributed by atoms with E-state index in [1.54, 1.807) is 13.2 Å². The number of ether oxygens (including phenoxy) is 1. The van der Waals surface area contributed by atoms with Crippen LogP contribution in [-0.2, 0) is 11.3 Å². The fourth-order valence-corrected chi connectivity index (χ4v) is 1.83. The molecule has 3 nitrogen and oxygen atoms in total. The molecule has 0 aliphatic rings. The highest BCUT2D eigenvalue weighted by atomic mass is 19.1. The predicted molar refractivity (Wildman–Crippen MR) is 68.5 cm³/mol. The lowest BCUT2D eigenvalue weighted by Crippen LogP contribution is -2.32. The molecule has 0 amide bonds. The van der Waals surface area contributed by atoms with Gasteiger partial charge in [-0.15, -0.1) is 0 Å². The van der Waals surface area contributed by atoms with Crippen molar-refractivity contribution in [3.63, 3.8) is 0 Å². The van der Waals surface area contributed by atoms with Crippen LogP contribution in [0.4, 0.5) is 4.39 Å². The Hall–Kier alpha value is -1.44. The lowest BCUT2D eigenvalue weighted by molar-refractivity contribution is 0.161. The van der Waals surface area contributed by atoms with Crippen molar-refractivity contribution in [1.29, 1.82) is 5.26 Å². The maximum absolute atomic E-state index is 13.5. The molecule has 1 unspecified atom stereocenters. The number of methoxy groups -OCH3 is 1. The van der Waals surface area contributed by atoms with Gasteiger partial charge in [-0.25, -0.2) is 4.39 Å². The molecule has 4 heteroatoms. The summed E-state index contributed by atoms with van der Waals surface area (Å²) in [5.74, 6) is -0.283. The molecular formula is C14H19FN2O. The predicted octanol–water partition coefficient (Wildman–Crippen LogP) is 2.60. The van der Waals surface area contributed by atoms with Crippen LogP contribution in [0.3, 0.4) is 0 Å². The van der Waals surface area contributed by atoms with Gasteiger partial charge < -0.3 is 10.1 Å². The number of nitriles is 1. The van der Waals surface area contributed by atoms with Gasteiger partial charge >= 0.3 is 0 Å². The third-order valence-corrected chi connectivity index (χ3v) is 2.76. The van der Waals surface area contributed by atoms with Gasteiger partial charge in [-0.05, 0) is 24.6 Å². The Morgan fingerprint density at radius 3 is 2.89 bits per heavy atom. The smallest absolute Gasteiger partial charge is 0.127 e. The van der Waals surface area contributed by atoms with Gasteiger partial charge in [0.15, 0.2) is 0 Å². The van der Waals surface area contributed by atoms with Crippen molar-refractivity contribution in [1.82, 2.24) is 5.32 Å². The highest BCUT2D eigenvalue weighted by Gasteiger charge is 2.09. The van der Waals surface area contributed by atoms with Crippen LogP contribution < -0.4 is 5.32 Å². The van der Waals surface area contributed by atoms with Crippen molar-refractivity contribution in [3.8, 4) is 6.07 Å². The molecule has 18 heavy (non-hydrogen) atoms. The van der Waals surface area contributed by atoms with Crippen LogP contribution >= 0.6 is 0 Å². The molecule has 98 valence electrons. The summed E-state index contributed by atoms with van der Waals surface area (Å²) in [5, 5.41) is 12.0. The zero-order valence-electron chi connectivity index (χ0n) is 10.9. The van der Waals surface area contributed by atoms with Crippen LogP contribution in [0.25, 0.3) is 0 Å². The second kappa shape index (κ2) is 7.80. The van der Waals surface area contributed by atoms with Crippen molar-refractivity contribution in [3.05, 3.63) is 35.1 Å². The summed E-state index contributed by atoms with van der Waals surface area (Å²) in [5.41, 5.74) is 0.998. The van der Waals surface area contributed by atoms with Crippen molar-refractivity contribution in [2.24, 2.45) is 0 Å². The Morgan fingerprint density at radius 1 is 1.50 bits per heavy atom. The summed E-state index contributed by atoms with van der Waals surface area (Å²) >= 11 is 0. The highest BCUT2D eigenvalue weighted by molar-refractivity contribution is 5.33. The topological polar surface area (TPSA) is 45.0 Å². The second-order valence-corrected chi connectivity index (χ2v) is 4.24. The molecule has 1 aromatic carbocycles. The van der Waals surface area contributed by atoms with Crippen LogP contribution in [0.2, 0.25) is 0 Å². The number of rotatable bonds is 7. The molecule has 0 heterocycles. The number of nitrogens with one attached hydrogen (secondary N) is 1. The van der Waals surface area contributed by atoms with E-state index >= 15 is 0 Å². The fourth-order valence-electron chi connectivity index (χ4n) is 1.83. The van der Waals surface area contributed by atoms with Crippen molar-refractivity contribution in [2.45, 2.75) is 32.4 Å². The summed E-state index contributed by atoms with van der Waals surface area (Å²) in [6, 6.07) is 6.63. The Bertz CT molecular complexity index is 409. The van der Waals surface area contributed by atoms with Crippen LogP contribution in [0.15, 0.2) is 18.2 Å². The minimum absolute atomic E-state index is 0.213. The highest BCUT2D eigenvalue weighted by Crippen LogP contribution is 2.10. The van der Waals surface area contributed by atoms with E-state index in [9.17, 15) is 4.39 Å². The molecule has 1 rings (SSSR count). The Balaban J connectivity index is 2.63. The molecule has 0 spiro atoms. The Labute approximate surface area is 108 Å². The van der Waals surface area contributed by atoms with E-state index in [1.807, 2.05) is 6.07 Å². The molecule has 1 N–H and O–H groups in total. The van der Waals surface area contributed by atoms with Gasteiger partial charge in [-0.1, -0.05) is 13.3 Å². The Kier molecular flexibility index (Phi) is 6.34. The average Bonchev–Trinajstić information content (AvgIpc) is 2.38. The molecule has 0 saturated carbocycles. The standard InChI is InChI=1S/C14H19FN2O/c1-3-4-13(10-18-2)17-9-12-7-11(8-16)5-6-14(12)15/h5-7,13,17H,3-4,9-10H2,1-2H3. The zero-order valence-corrected chi connectivity index (χ0v) is 10.9. The number of halogens is 1.